The fourth-order valence-electron chi connectivity index (χ4n) is 3.89. The Bertz CT molecular complexity index is 417. The zero-order valence-electron chi connectivity index (χ0n) is 11.0. The van der Waals surface area contributed by atoms with E-state index in [-0.39, 0.29) is 11.9 Å². The molecule has 1 nitrogen and oxygen atoms in total. The molecule has 0 heterocycles. The third kappa shape index (κ3) is 2.18. The molecule has 2 heteroatoms. The van der Waals surface area contributed by atoms with Crippen molar-refractivity contribution < 1.29 is 4.39 Å². The molecule has 1 aromatic rings. The molecule has 4 atom stereocenters. The Morgan fingerprint density at radius 2 is 2.11 bits per heavy atom. The minimum atomic E-state index is -0.0694. The molecule has 2 fully saturated rings. The minimum absolute atomic E-state index is 0.0694. The summed E-state index contributed by atoms with van der Waals surface area (Å²) in [4.78, 5) is 0. The summed E-state index contributed by atoms with van der Waals surface area (Å²) in [5, 5.41) is 3.71. The van der Waals surface area contributed by atoms with Gasteiger partial charge in [0.2, 0.25) is 0 Å². The van der Waals surface area contributed by atoms with Crippen molar-refractivity contribution in [2.75, 3.05) is 0 Å². The summed E-state index contributed by atoms with van der Waals surface area (Å²) in [7, 11) is 0. The lowest BCUT2D eigenvalue weighted by Gasteiger charge is -2.28. The molecule has 98 valence electrons. The van der Waals surface area contributed by atoms with Gasteiger partial charge in [-0.1, -0.05) is 31.5 Å². The van der Waals surface area contributed by atoms with Crippen LogP contribution in [-0.4, -0.2) is 6.04 Å². The smallest absolute Gasteiger partial charge is 0.127 e. The van der Waals surface area contributed by atoms with Crippen LogP contribution in [0.15, 0.2) is 24.3 Å². The SMILES string of the molecule is CCC(NC1CC2CCC1C2)c1ccccc1F. The van der Waals surface area contributed by atoms with Crippen LogP contribution in [0.25, 0.3) is 0 Å². The predicted molar refractivity (Wildman–Crippen MR) is 71.8 cm³/mol. The van der Waals surface area contributed by atoms with E-state index in [1.165, 1.54) is 25.7 Å². The van der Waals surface area contributed by atoms with Crippen molar-refractivity contribution >= 4 is 0 Å². The van der Waals surface area contributed by atoms with Crippen molar-refractivity contribution in [3.05, 3.63) is 35.6 Å². The van der Waals surface area contributed by atoms with Gasteiger partial charge in [-0.05, 0) is 43.6 Å². The molecule has 0 aliphatic heterocycles. The first kappa shape index (κ1) is 12.2. The van der Waals surface area contributed by atoms with E-state index in [1.54, 1.807) is 12.1 Å². The van der Waals surface area contributed by atoms with Gasteiger partial charge in [-0.3, -0.25) is 0 Å². The van der Waals surface area contributed by atoms with Crippen molar-refractivity contribution in [1.29, 1.82) is 0 Å². The zero-order chi connectivity index (χ0) is 12.5. The molecule has 4 unspecified atom stereocenters. The molecule has 2 saturated carbocycles. The van der Waals surface area contributed by atoms with E-state index >= 15 is 0 Å². The number of hydrogen-bond donors (Lipinski definition) is 1. The van der Waals surface area contributed by atoms with Crippen LogP contribution < -0.4 is 5.32 Å². The van der Waals surface area contributed by atoms with Gasteiger partial charge in [-0.25, -0.2) is 4.39 Å². The second-order valence-electron chi connectivity index (χ2n) is 5.93. The van der Waals surface area contributed by atoms with E-state index in [4.69, 9.17) is 0 Å². The highest BCUT2D eigenvalue weighted by Gasteiger charge is 2.40. The molecule has 1 aromatic carbocycles. The summed E-state index contributed by atoms with van der Waals surface area (Å²) < 4.78 is 13.8. The third-order valence-corrected chi connectivity index (χ3v) is 4.84. The summed E-state index contributed by atoms with van der Waals surface area (Å²) in [6.07, 6.45) is 6.44. The molecule has 2 aliphatic rings. The van der Waals surface area contributed by atoms with Crippen LogP contribution in [-0.2, 0) is 0 Å². The number of nitrogens with one attached hydrogen (secondary N) is 1. The third-order valence-electron chi connectivity index (χ3n) is 4.84. The number of benzene rings is 1. The Morgan fingerprint density at radius 1 is 1.28 bits per heavy atom. The molecule has 0 spiro atoms. The maximum Gasteiger partial charge on any atom is 0.127 e. The fourth-order valence-corrected chi connectivity index (χ4v) is 3.89. The average molecular weight is 247 g/mol. The Morgan fingerprint density at radius 3 is 2.72 bits per heavy atom. The van der Waals surface area contributed by atoms with Crippen LogP contribution >= 0.6 is 0 Å². The molecule has 0 saturated heterocycles. The summed E-state index contributed by atoms with van der Waals surface area (Å²) >= 11 is 0. The molecule has 0 radical (unpaired) electrons. The van der Waals surface area contributed by atoms with E-state index in [0.717, 1.165) is 23.8 Å². The number of rotatable bonds is 4. The summed E-state index contributed by atoms with van der Waals surface area (Å²) in [5.74, 6) is 1.71. The van der Waals surface area contributed by atoms with Gasteiger partial charge in [0.25, 0.3) is 0 Å². The monoisotopic (exact) mass is 247 g/mol. The normalized spacial score (nSPS) is 31.8. The van der Waals surface area contributed by atoms with E-state index in [0.29, 0.717) is 6.04 Å². The van der Waals surface area contributed by atoms with E-state index < -0.39 is 0 Å². The molecule has 2 aliphatic carbocycles. The summed E-state index contributed by atoms with van der Waals surface area (Å²) in [6, 6.07) is 7.99. The van der Waals surface area contributed by atoms with Gasteiger partial charge in [0.15, 0.2) is 0 Å². The molecule has 2 bridgehead atoms. The molecular weight excluding hydrogens is 225 g/mol. The molecule has 0 amide bonds. The van der Waals surface area contributed by atoms with E-state index in [9.17, 15) is 4.39 Å². The second kappa shape index (κ2) is 5.00. The lowest BCUT2D eigenvalue weighted by Crippen LogP contribution is -2.36. The van der Waals surface area contributed by atoms with Crippen LogP contribution in [0.4, 0.5) is 4.39 Å². The molecule has 18 heavy (non-hydrogen) atoms. The quantitative estimate of drug-likeness (QED) is 0.846. The van der Waals surface area contributed by atoms with Gasteiger partial charge < -0.3 is 5.32 Å². The van der Waals surface area contributed by atoms with E-state index in [1.807, 2.05) is 12.1 Å². The predicted octanol–water partition coefficient (Wildman–Crippen LogP) is 4.06. The van der Waals surface area contributed by atoms with Gasteiger partial charge in [-0.15, -0.1) is 0 Å². The van der Waals surface area contributed by atoms with Crippen LogP contribution in [0, 0.1) is 17.7 Å². The van der Waals surface area contributed by atoms with Crippen molar-refractivity contribution in [3.8, 4) is 0 Å². The number of hydrogen-bond acceptors (Lipinski definition) is 1. The second-order valence-corrected chi connectivity index (χ2v) is 5.93. The topological polar surface area (TPSA) is 12.0 Å². The Kier molecular flexibility index (Phi) is 3.38. The largest absolute Gasteiger partial charge is 0.307 e. The highest BCUT2D eigenvalue weighted by molar-refractivity contribution is 5.21. The Balaban J connectivity index is 1.72. The lowest BCUT2D eigenvalue weighted by atomic mass is 9.93. The van der Waals surface area contributed by atoms with Gasteiger partial charge in [0, 0.05) is 17.6 Å². The molecule has 1 N–H and O–H groups in total. The van der Waals surface area contributed by atoms with Crippen LogP contribution in [0.5, 0.6) is 0 Å². The van der Waals surface area contributed by atoms with Crippen LogP contribution in [0.3, 0.4) is 0 Å². The summed E-state index contributed by atoms with van der Waals surface area (Å²) in [6.45, 7) is 2.14. The molecule has 3 rings (SSSR count). The fraction of sp³-hybridized carbons (Fsp3) is 0.625. The standard InChI is InChI=1S/C16H22FN/c1-2-15(13-5-3-4-6-14(13)17)18-16-10-11-7-8-12(16)9-11/h3-6,11-12,15-16,18H,2,7-10H2,1H3. The van der Waals surface area contributed by atoms with Crippen molar-refractivity contribution in [1.82, 2.24) is 5.32 Å². The van der Waals surface area contributed by atoms with Gasteiger partial charge >= 0.3 is 0 Å². The first-order chi connectivity index (χ1) is 8.78. The highest BCUT2D eigenvalue weighted by atomic mass is 19.1. The first-order valence-electron chi connectivity index (χ1n) is 7.28. The number of halogens is 1. The highest BCUT2D eigenvalue weighted by Crippen LogP contribution is 2.45. The van der Waals surface area contributed by atoms with Gasteiger partial charge in [-0.2, -0.15) is 0 Å². The summed E-state index contributed by atoms with van der Waals surface area (Å²) in [5.41, 5.74) is 0.836. The Hall–Kier alpha value is -0.890. The first-order valence-corrected chi connectivity index (χ1v) is 7.28. The minimum Gasteiger partial charge on any atom is -0.307 e. The lowest BCUT2D eigenvalue weighted by molar-refractivity contribution is 0.312. The van der Waals surface area contributed by atoms with Crippen LogP contribution in [0.1, 0.15) is 50.6 Å². The number of fused-ring (bicyclic) bond motifs is 2. The van der Waals surface area contributed by atoms with Gasteiger partial charge in [0.1, 0.15) is 5.82 Å². The van der Waals surface area contributed by atoms with Crippen molar-refractivity contribution in [3.63, 3.8) is 0 Å². The maximum atomic E-state index is 13.8. The average Bonchev–Trinajstić information content (AvgIpc) is 2.99. The van der Waals surface area contributed by atoms with Gasteiger partial charge in [0.05, 0.1) is 0 Å². The zero-order valence-corrected chi connectivity index (χ0v) is 11.0. The molecule has 0 aromatic heterocycles. The Labute approximate surface area is 109 Å². The van der Waals surface area contributed by atoms with Crippen molar-refractivity contribution in [2.24, 2.45) is 11.8 Å². The van der Waals surface area contributed by atoms with Crippen molar-refractivity contribution in [2.45, 2.75) is 51.1 Å². The van der Waals surface area contributed by atoms with E-state index in [2.05, 4.69) is 12.2 Å². The molecular formula is C16H22FN. The maximum absolute atomic E-state index is 13.8. The van der Waals surface area contributed by atoms with Crippen LogP contribution in [0.2, 0.25) is 0 Å².